The van der Waals surface area contributed by atoms with Gasteiger partial charge in [0.15, 0.2) is 6.61 Å². The first kappa shape index (κ1) is 19.4. The summed E-state index contributed by atoms with van der Waals surface area (Å²) in [5.41, 5.74) is 0.782. The van der Waals surface area contributed by atoms with E-state index in [9.17, 15) is 18.0 Å². The monoisotopic (exact) mass is 386 g/mol. The molecule has 0 N–H and O–H groups in total. The van der Waals surface area contributed by atoms with Crippen LogP contribution in [0.5, 0.6) is 0 Å². The molecule has 1 aliphatic heterocycles. The van der Waals surface area contributed by atoms with E-state index >= 15 is 0 Å². The van der Waals surface area contributed by atoms with Gasteiger partial charge in [0.25, 0.3) is 5.91 Å². The van der Waals surface area contributed by atoms with Crippen LogP contribution in [-0.2, 0) is 24.3 Å². The van der Waals surface area contributed by atoms with E-state index in [4.69, 9.17) is 16.3 Å². The molecule has 25 heavy (non-hydrogen) atoms. The highest BCUT2D eigenvalue weighted by Gasteiger charge is 2.26. The number of carbonyl (C=O) groups is 2. The summed E-state index contributed by atoms with van der Waals surface area (Å²) in [6.45, 7) is 0.681. The van der Waals surface area contributed by atoms with Crippen LogP contribution in [0.2, 0.25) is 5.02 Å². The van der Waals surface area contributed by atoms with E-state index in [1.807, 2.05) is 0 Å². The summed E-state index contributed by atoms with van der Waals surface area (Å²) in [4.78, 5) is 25.2. The molecule has 136 valence electrons. The fourth-order valence-electron chi connectivity index (χ4n) is 2.28. The number of amides is 1. The average Bonchev–Trinajstić information content (AvgIpc) is 2.58. The minimum atomic E-state index is -3.24. The van der Waals surface area contributed by atoms with Gasteiger partial charge in [-0.2, -0.15) is 4.31 Å². The molecule has 0 aromatic heterocycles. The van der Waals surface area contributed by atoms with E-state index < -0.39 is 16.0 Å². The van der Waals surface area contributed by atoms with E-state index in [0.29, 0.717) is 5.02 Å². The molecule has 1 aromatic carbocycles. The fourth-order valence-corrected chi connectivity index (χ4v) is 3.23. The summed E-state index contributed by atoms with van der Waals surface area (Å²) in [5, 5.41) is 0.598. The van der Waals surface area contributed by atoms with Crippen molar-refractivity contribution in [2.45, 2.75) is 0 Å². The lowest BCUT2D eigenvalue weighted by molar-refractivity contribution is -0.148. The van der Waals surface area contributed by atoms with Crippen LogP contribution in [0, 0.1) is 0 Å². The van der Waals surface area contributed by atoms with Crippen LogP contribution < -0.4 is 0 Å². The van der Waals surface area contributed by atoms with Crippen molar-refractivity contribution in [3.8, 4) is 0 Å². The highest BCUT2D eigenvalue weighted by Crippen LogP contribution is 2.11. The van der Waals surface area contributed by atoms with Crippen LogP contribution in [0.25, 0.3) is 6.08 Å². The Balaban J connectivity index is 1.76. The Hall–Kier alpha value is -1.90. The van der Waals surface area contributed by atoms with Crippen molar-refractivity contribution in [3.63, 3.8) is 0 Å². The van der Waals surface area contributed by atoms with Gasteiger partial charge in [0.05, 0.1) is 6.26 Å². The van der Waals surface area contributed by atoms with Crippen molar-refractivity contribution >= 4 is 39.6 Å². The Kier molecular flexibility index (Phi) is 6.57. The predicted molar refractivity (Wildman–Crippen MR) is 94.4 cm³/mol. The second-order valence-electron chi connectivity index (χ2n) is 5.54. The normalized spacial score (nSPS) is 16.2. The van der Waals surface area contributed by atoms with Crippen LogP contribution in [0.15, 0.2) is 30.3 Å². The molecule has 1 saturated heterocycles. The molecule has 0 saturated carbocycles. The number of piperazine rings is 1. The zero-order valence-corrected chi connectivity index (χ0v) is 15.3. The highest BCUT2D eigenvalue weighted by atomic mass is 35.5. The van der Waals surface area contributed by atoms with Gasteiger partial charge in [-0.15, -0.1) is 0 Å². The number of carbonyl (C=O) groups excluding carboxylic acids is 2. The highest BCUT2D eigenvalue weighted by molar-refractivity contribution is 7.88. The van der Waals surface area contributed by atoms with Crippen LogP contribution in [0.1, 0.15) is 5.56 Å². The maximum absolute atomic E-state index is 12.0. The van der Waals surface area contributed by atoms with Gasteiger partial charge in [0.1, 0.15) is 0 Å². The number of ether oxygens (including phenoxy) is 1. The maximum Gasteiger partial charge on any atom is 0.331 e. The Morgan fingerprint density at radius 2 is 1.76 bits per heavy atom. The van der Waals surface area contributed by atoms with Gasteiger partial charge in [0, 0.05) is 37.3 Å². The number of halogens is 1. The van der Waals surface area contributed by atoms with Gasteiger partial charge >= 0.3 is 5.97 Å². The fraction of sp³-hybridized carbons (Fsp3) is 0.375. The van der Waals surface area contributed by atoms with Crippen LogP contribution >= 0.6 is 11.6 Å². The van der Waals surface area contributed by atoms with Crippen molar-refractivity contribution in [1.29, 1.82) is 0 Å². The third kappa shape index (κ3) is 6.15. The SMILES string of the molecule is CS(=O)(=O)N1CCN(C(=O)COC(=O)/C=C/c2ccc(Cl)cc2)CC1. The van der Waals surface area contributed by atoms with E-state index in [0.717, 1.165) is 11.8 Å². The van der Waals surface area contributed by atoms with Gasteiger partial charge in [-0.05, 0) is 23.8 Å². The number of benzene rings is 1. The summed E-state index contributed by atoms with van der Waals surface area (Å²) >= 11 is 5.77. The number of rotatable bonds is 5. The van der Waals surface area contributed by atoms with Crippen LogP contribution in [0.4, 0.5) is 0 Å². The van der Waals surface area contributed by atoms with E-state index in [1.165, 1.54) is 15.3 Å². The number of esters is 1. The number of sulfonamides is 1. The molecule has 2 rings (SSSR count). The van der Waals surface area contributed by atoms with Crippen LogP contribution in [0.3, 0.4) is 0 Å². The van der Waals surface area contributed by atoms with Crippen molar-refractivity contribution in [2.75, 3.05) is 39.0 Å². The minimum Gasteiger partial charge on any atom is -0.452 e. The molecule has 0 unspecified atom stereocenters. The average molecular weight is 387 g/mol. The molecule has 7 nitrogen and oxygen atoms in total. The lowest BCUT2D eigenvalue weighted by Gasteiger charge is -2.33. The second kappa shape index (κ2) is 8.46. The smallest absolute Gasteiger partial charge is 0.331 e. The largest absolute Gasteiger partial charge is 0.452 e. The lowest BCUT2D eigenvalue weighted by atomic mass is 10.2. The zero-order chi connectivity index (χ0) is 18.4. The van der Waals surface area contributed by atoms with E-state index in [2.05, 4.69) is 0 Å². The Bertz CT molecular complexity index is 753. The number of hydrogen-bond acceptors (Lipinski definition) is 5. The molecule has 0 spiro atoms. The molecule has 0 atom stereocenters. The Labute approximate surface area is 151 Å². The topological polar surface area (TPSA) is 84.0 Å². The molecule has 0 aliphatic carbocycles. The molecular formula is C16H19ClN2O5S. The lowest BCUT2D eigenvalue weighted by Crippen LogP contribution is -2.51. The van der Waals surface area contributed by atoms with Crippen molar-refractivity contribution in [3.05, 3.63) is 40.9 Å². The quantitative estimate of drug-likeness (QED) is 0.556. The number of hydrogen-bond donors (Lipinski definition) is 0. The number of nitrogens with zero attached hydrogens (tertiary/aromatic N) is 2. The van der Waals surface area contributed by atoms with Crippen molar-refractivity contribution in [2.24, 2.45) is 0 Å². The maximum atomic E-state index is 12.0. The van der Waals surface area contributed by atoms with Gasteiger partial charge < -0.3 is 9.64 Å². The van der Waals surface area contributed by atoms with Crippen molar-refractivity contribution < 1.29 is 22.7 Å². The van der Waals surface area contributed by atoms with E-state index in [1.54, 1.807) is 30.3 Å². The summed E-state index contributed by atoms with van der Waals surface area (Å²) in [6.07, 6.45) is 3.94. The molecule has 0 radical (unpaired) electrons. The third-order valence-electron chi connectivity index (χ3n) is 3.68. The molecular weight excluding hydrogens is 368 g/mol. The van der Waals surface area contributed by atoms with Gasteiger partial charge in [-0.3, -0.25) is 4.79 Å². The Morgan fingerprint density at radius 1 is 1.16 bits per heavy atom. The van der Waals surface area contributed by atoms with Gasteiger partial charge in [0.2, 0.25) is 10.0 Å². The minimum absolute atomic E-state index is 0.245. The van der Waals surface area contributed by atoms with E-state index in [-0.39, 0.29) is 38.7 Å². The Morgan fingerprint density at radius 3 is 2.32 bits per heavy atom. The second-order valence-corrected chi connectivity index (χ2v) is 7.95. The summed E-state index contributed by atoms with van der Waals surface area (Å²) in [6, 6.07) is 6.90. The summed E-state index contributed by atoms with van der Waals surface area (Å²) in [5.74, 6) is -0.973. The van der Waals surface area contributed by atoms with Gasteiger partial charge in [-0.25, -0.2) is 13.2 Å². The summed E-state index contributed by atoms with van der Waals surface area (Å²) < 4.78 is 29.1. The first-order valence-electron chi connectivity index (χ1n) is 7.59. The van der Waals surface area contributed by atoms with Gasteiger partial charge in [-0.1, -0.05) is 23.7 Å². The predicted octanol–water partition coefficient (Wildman–Crippen LogP) is 1.00. The molecule has 1 amide bonds. The molecule has 1 aliphatic rings. The molecule has 0 bridgehead atoms. The molecule has 1 heterocycles. The van der Waals surface area contributed by atoms with Crippen LogP contribution in [-0.4, -0.2) is 68.5 Å². The first-order valence-corrected chi connectivity index (χ1v) is 9.81. The molecule has 1 aromatic rings. The summed E-state index contributed by atoms with van der Waals surface area (Å²) in [7, 11) is -3.24. The zero-order valence-electron chi connectivity index (χ0n) is 13.7. The third-order valence-corrected chi connectivity index (χ3v) is 5.24. The molecule has 9 heteroatoms. The molecule has 1 fully saturated rings. The van der Waals surface area contributed by atoms with Crippen molar-refractivity contribution in [1.82, 2.24) is 9.21 Å². The standard InChI is InChI=1S/C16H19ClN2O5S/c1-25(22,23)19-10-8-18(9-11-19)15(20)12-24-16(21)7-4-13-2-5-14(17)6-3-13/h2-7H,8-12H2,1H3/b7-4+. The first-order chi connectivity index (χ1) is 11.8.